The molecular formula is C30H36ClFN4O9S. The van der Waals surface area contributed by atoms with Gasteiger partial charge in [0, 0.05) is 35.6 Å². The molecule has 0 bridgehead atoms. The summed E-state index contributed by atoms with van der Waals surface area (Å²) >= 11 is 6.90. The molecule has 7 N–H and O–H groups in total. The summed E-state index contributed by atoms with van der Waals surface area (Å²) in [6.07, 6.45) is -0.822. The van der Waals surface area contributed by atoms with Crippen molar-refractivity contribution in [3.05, 3.63) is 75.7 Å². The molecule has 1 saturated heterocycles. The minimum atomic E-state index is -1.36. The highest BCUT2D eigenvalue weighted by molar-refractivity contribution is 7.99. The third-order valence-electron chi connectivity index (χ3n) is 7.76. The predicted octanol–water partition coefficient (Wildman–Crippen LogP) is 1.99. The number of likely N-dealkylation sites (tertiary alicyclic amines) is 1. The number of hydrogen-bond acceptors (Lipinski definition) is 9. The number of hydroxylamine groups is 3. The number of Topliss-reactive ketones (excluding diaryl/α,β-unsaturated/α-hetero) is 1. The number of quaternary nitrogens is 1. The summed E-state index contributed by atoms with van der Waals surface area (Å²) in [7, 11) is 0. The molecular weight excluding hydrogens is 647 g/mol. The number of carbonyl (C=O) groups excluding carboxylic acids is 3. The van der Waals surface area contributed by atoms with E-state index < -0.39 is 69.6 Å². The second-order valence-electron chi connectivity index (χ2n) is 11.1. The number of carbonyl (C=O) groups is 5. The summed E-state index contributed by atoms with van der Waals surface area (Å²) in [4.78, 5) is 60.8. The van der Waals surface area contributed by atoms with Gasteiger partial charge in [-0.15, -0.1) is 0 Å². The molecule has 3 rings (SSSR count). The lowest BCUT2D eigenvalue weighted by molar-refractivity contribution is -0.897. The molecule has 3 atom stereocenters. The summed E-state index contributed by atoms with van der Waals surface area (Å²) in [6.45, 7) is -0.970. The van der Waals surface area contributed by atoms with Crippen LogP contribution >= 0.6 is 23.4 Å². The molecule has 16 heteroatoms. The van der Waals surface area contributed by atoms with Crippen molar-refractivity contribution in [3.8, 4) is 0 Å². The average molecular weight is 683 g/mol. The van der Waals surface area contributed by atoms with Crippen LogP contribution in [0.25, 0.3) is 0 Å². The van der Waals surface area contributed by atoms with Gasteiger partial charge in [-0.3, -0.25) is 24.0 Å². The van der Waals surface area contributed by atoms with E-state index in [4.69, 9.17) is 27.5 Å². The highest BCUT2D eigenvalue weighted by Crippen LogP contribution is 2.40. The van der Waals surface area contributed by atoms with Crippen LogP contribution in [0.4, 0.5) is 4.39 Å². The molecule has 250 valence electrons. The number of aliphatic carboxylic acids is 2. The largest absolute Gasteiger partial charge is 0.632 e. The van der Waals surface area contributed by atoms with Crippen molar-refractivity contribution in [2.24, 2.45) is 5.73 Å². The van der Waals surface area contributed by atoms with Crippen molar-refractivity contribution >= 4 is 52.9 Å². The second-order valence-corrected chi connectivity index (χ2v) is 12.7. The maximum absolute atomic E-state index is 14.3. The van der Waals surface area contributed by atoms with Crippen molar-refractivity contribution < 1.29 is 48.3 Å². The number of hydrogen-bond donors (Lipinski definition) is 6. The Morgan fingerprint density at radius 1 is 1.04 bits per heavy atom. The molecule has 2 amide bonds. The van der Waals surface area contributed by atoms with Crippen LogP contribution < -0.4 is 16.4 Å². The van der Waals surface area contributed by atoms with Gasteiger partial charge in [-0.1, -0.05) is 35.5 Å². The second kappa shape index (κ2) is 16.3. The Morgan fingerprint density at radius 3 is 2.22 bits per heavy atom. The number of benzene rings is 2. The van der Waals surface area contributed by atoms with E-state index in [2.05, 4.69) is 10.6 Å². The summed E-state index contributed by atoms with van der Waals surface area (Å²) in [6, 6.07) is 8.71. The third kappa shape index (κ3) is 10.5. The molecule has 0 saturated carbocycles. The van der Waals surface area contributed by atoms with Crippen molar-refractivity contribution in [1.29, 1.82) is 0 Å². The number of nitrogens with zero attached hydrogens (tertiary/aromatic N) is 1. The van der Waals surface area contributed by atoms with E-state index in [0.717, 1.165) is 23.9 Å². The van der Waals surface area contributed by atoms with Crippen LogP contribution in [0.15, 0.2) is 48.5 Å². The van der Waals surface area contributed by atoms with Gasteiger partial charge in [0.25, 0.3) is 0 Å². The van der Waals surface area contributed by atoms with Crippen molar-refractivity contribution in [1.82, 2.24) is 10.6 Å². The molecule has 1 unspecified atom stereocenters. The van der Waals surface area contributed by atoms with Crippen LogP contribution in [0.2, 0.25) is 5.02 Å². The highest BCUT2D eigenvalue weighted by Gasteiger charge is 2.43. The van der Waals surface area contributed by atoms with Crippen LogP contribution in [0.1, 0.15) is 48.0 Å². The SMILES string of the molecule is N[C@@H](CCC(=O)N[C@@H](CSC(CC(=O)c1ccc(F)cc1)[N+]1([O-])CCC(O)(c2ccc(Cl)cc2)CC1)C(=O)NCC(=O)O)C(=O)O. The number of amides is 2. The van der Waals surface area contributed by atoms with Gasteiger partial charge in [-0.2, -0.15) is 0 Å². The molecule has 2 aromatic rings. The van der Waals surface area contributed by atoms with E-state index in [1.54, 1.807) is 24.3 Å². The first-order valence-corrected chi connectivity index (χ1v) is 15.8. The number of carboxylic acid groups (broad SMARTS) is 2. The zero-order chi connectivity index (χ0) is 34.1. The van der Waals surface area contributed by atoms with Crippen LogP contribution in [0.3, 0.4) is 0 Å². The number of aliphatic hydroxyl groups is 1. The van der Waals surface area contributed by atoms with Crippen LogP contribution in [0.5, 0.6) is 0 Å². The summed E-state index contributed by atoms with van der Waals surface area (Å²) in [5.41, 5.74) is 4.87. The Morgan fingerprint density at radius 2 is 1.65 bits per heavy atom. The minimum absolute atomic E-state index is 0.0447. The van der Waals surface area contributed by atoms with E-state index >= 15 is 0 Å². The highest BCUT2D eigenvalue weighted by atomic mass is 35.5. The fourth-order valence-electron chi connectivity index (χ4n) is 4.95. The van der Waals surface area contributed by atoms with Crippen molar-refractivity contribution in [2.75, 3.05) is 25.4 Å². The Bertz CT molecular complexity index is 1410. The Labute approximate surface area is 273 Å². The summed E-state index contributed by atoms with van der Waals surface area (Å²) < 4.78 is 12.6. The topological polar surface area (TPSA) is 219 Å². The lowest BCUT2D eigenvalue weighted by atomic mass is 9.84. The van der Waals surface area contributed by atoms with Gasteiger partial charge >= 0.3 is 11.9 Å². The van der Waals surface area contributed by atoms with Crippen LogP contribution in [0, 0.1) is 11.0 Å². The number of ketones is 1. The van der Waals surface area contributed by atoms with E-state index in [1.807, 2.05) is 0 Å². The number of thioether (sulfide) groups is 1. The van der Waals surface area contributed by atoms with Gasteiger partial charge in [-0.25, -0.2) is 4.39 Å². The molecule has 1 aliphatic heterocycles. The number of piperidine rings is 1. The van der Waals surface area contributed by atoms with Gasteiger partial charge < -0.3 is 41.5 Å². The molecule has 0 aromatic heterocycles. The predicted molar refractivity (Wildman–Crippen MR) is 167 cm³/mol. The summed E-state index contributed by atoms with van der Waals surface area (Å²) in [5.74, 6) is -5.54. The van der Waals surface area contributed by atoms with E-state index in [9.17, 15) is 38.7 Å². The first-order chi connectivity index (χ1) is 21.6. The fraction of sp³-hybridized carbons (Fsp3) is 0.433. The number of nitrogens with two attached hydrogens (primary N) is 1. The molecule has 1 fully saturated rings. The maximum Gasteiger partial charge on any atom is 0.322 e. The summed E-state index contributed by atoms with van der Waals surface area (Å²) in [5, 5.41) is 47.7. The third-order valence-corrected chi connectivity index (χ3v) is 9.47. The number of nitrogens with one attached hydrogen (secondary N) is 2. The number of halogens is 2. The van der Waals surface area contributed by atoms with Gasteiger partial charge in [0.15, 0.2) is 5.78 Å². The number of rotatable bonds is 16. The molecule has 1 aliphatic rings. The smallest absolute Gasteiger partial charge is 0.322 e. The Balaban J connectivity index is 1.82. The van der Waals surface area contributed by atoms with Gasteiger partial charge in [0.1, 0.15) is 35.4 Å². The lowest BCUT2D eigenvalue weighted by Gasteiger charge is -2.53. The quantitative estimate of drug-likeness (QED) is 0.0854. The van der Waals surface area contributed by atoms with Crippen molar-refractivity contribution in [3.63, 3.8) is 0 Å². The van der Waals surface area contributed by atoms with Crippen LogP contribution in [-0.4, -0.2) is 92.3 Å². The van der Waals surface area contributed by atoms with E-state index in [-0.39, 0.29) is 56.5 Å². The minimum Gasteiger partial charge on any atom is -0.632 e. The van der Waals surface area contributed by atoms with Gasteiger partial charge in [0.2, 0.25) is 11.8 Å². The van der Waals surface area contributed by atoms with Crippen molar-refractivity contribution in [2.45, 2.75) is 55.2 Å². The monoisotopic (exact) mass is 682 g/mol. The zero-order valence-electron chi connectivity index (χ0n) is 24.7. The Kier molecular flexibility index (Phi) is 13.1. The number of carboxylic acids is 2. The zero-order valence-corrected chi connectivity index (χ0v) is 26.3. The first-order valence-electron chi connectivity index (χ1n) is 14.4. The molecule has 1 heterocycles. The molecule has 0 radical (unpaired) electrons. The Hall–Kier alpha value is -3.60. The van der Waals surface area contributed by atoms with E-state index in [0.29, 0.717) is 10.6 Å². The van der Waals surface area contributed by atoms with Gasteiger partial charge in [0.05, 0.1) is 19.5 Å². The average Bonchev–Trinajstić information content (AvgIpc) is 3.01. The molecule has 0 spiro atoms. The molecule has 13 nitrogen and oxygen atoms in total. The maximum atomic E-state index is 14.3. The standard InChI is InChI=1S/C30H36ClFN4O9S/c31-20-5-3-19(4-6-20)30(44)11-13-36(45,14-12-30)26(15-24(37)18-1-7-21(32)8-2-18)46-17-23(28(41)34-16-27(39)40)35-25(38)10-9-22(33)29(42)43/h1-8,22-23,26,44H,9-17,33H2,(H,34,41)(H,35,38)(H,39,40)(H,42,43)/t22-,23-,26?,30?,36?/m0/s1. The van der Waals surface area contributed by atoms with Gasteiger partial charge in [-0.05, 0) is 48.4 Å². The molecule has 46 heavy (non-hydrogen) atoms. The molecule has 0 aliphatic carbocycles. The fourth-order valence-corrected chi connectivity index (χ4v) is 6.48. The first kappa shape index (κ1) is 36.9. The van der Waals surface area contributed by atoms with E-state index in [1.165, 1.54) is 12.1 Å². The van der Waals surface area contributed by atoms with Crippen LogP contribution in [-0.2, 0) is 24.8 Å². The molecule has 2 aromatic carbocycles. The lowest BCUT2D eigenvalue weighted by Crippen LogP contribution is -2.58. The normalized spacial score (nSPS) is 21.4.